The minimum absolute atomic E-state index is 0.0312. The zero-order valence-corrected chi connectivity index (χ0v) is 20.7. The molecule has 182 valence electrons. The van der Waals surface area contributed by atoms with Crippen molar-refractivity contribution in [2.45, 2.75) is 103 Å². The summed E-state index contributed by atoms with van der Waals surface area (Å²) in [6.07, 6.45) is 17.1. The lowest BCUT2D eigenvalue weighted by molar-refractivity contribution is -0.137. The fourth-order valence-electron chi connectivity index (χ4n) is 5.52. The molecule has 1 heterocycles. The van der Waals surface area contributed by atoms with Crippen LogP contribution in [0.1, 0.15) is 83.6 Å². The summed E-state index contributed by atoms with van der Waals surface area (Å²) < 4.78 is 12.9. The Kier molecular flexibility index (Phi) is 11.0. The van der Waals surface area contributed by atoms with Gasteiger partial charge in [0.2, 0.25) is 0 Å². The fraction of sp³-hybridized carbons (Fsp3) is 0.679. The van der Waals surface area contributed by atoms with E-state index in [1.54, 1.807) is 0 Å². The number of rotatable bonds is 15. The Bertz CT molecular complexity index is 722. The van der Waals surface area contributed by atoms with Crippen LogP contribution in [0.4, 0.5) is 0 Å². The number of carbonyl (C=O) groups is 1. The molecule has 0 radical (unpaired) electrons. The summed E-state index contributed by atoms with van der Waals surface area (Å²) in [7, 11) is -0.0312. The Morgan fingerprint density at radius 2 is 1.88 bits per heavy atom. The average molecular weight is 454 g/mol. The Hall–Kier alpha value is -1.59. The summed E-state index contributed by atoms with van der Waals surface area (Å²) in [6.45, 7) is 4.61. The third-order valence-corrected chi connectivity index (χ3v) is 7.51. The number of unbranched alkanes of at least 4 members (excludes halogenated alkanes) is 2. The molecule has 1 saturated carbocycles. The van der Waals surface area contributed by atoms with Gasteiger partial charge in [0, 0.05) is 18.6 Å². The molecule has 5 atom stereocenters. The van der Waals surface area contributed by atoms with Crippen LogP contribution in [0.3, 0.4) is 0 Å². The number of carboxylic acid groups (broad SMARTS) is 1. The van der Waals surface area contributed by atoms with Gasteiger partial charge >= 0.3 is 13.1 Å². The molecule has 4 nitrogen and oxygen atoms in total. The highest BCUT2D eigenvalue weighted by molar-refractivity contribution is 6.44. The van der Waals surface area contributed by atoms with Gasteiger partial charge in [0.05, 0.1) is 0 Å². The summed E-state index contributed by atoms with van der Waals surface area (Å²) in [5.41, 5.74) is 1.43. The molecule has 33 heavy (non-hydrogen) atoms. The number of allylic oxidation sites excluding steroid dienone is 2. The molecule has 1 saturated heterocycles. The molecule has 1 aromatic carbocycles. The van der Waals surface area contributed by atoms with Crippen molar-refractivity contribution in [2.24, 2.45) is 17.8 Å². The molecule has 2 fully saturated rings. The fourth-order valence-corrected chi connectivity index (χ4v) is 5.52. The monoisotopic (exact) mass is 454 g/mol. The summed E-state index contributed by atoms with van der Waals surface area (Å²) in [6, 6.07) is 10.8. The maximum atomic E-state index is 10.7. The van der Waals surface area contributed by atoms with E-state index in [0.717, 1.165) is 38.4 Å². The van der Waals surface area contributed by atoms with E-state index in [1.165, 1.54) is 31.2 Å². The smallest absolute Gasteiger partial charge is 0.457 e. The number of aryl methyl sites for hydroxylation is 1. The maximum Gasteiger partial charge on any atom is 0.457 e. The van der Waals surface area contributed by atoms with Gasteiger partial charge in [-0.05, 0) is 74.6 Å². The molecule has 2 aliphatic rings. The molecule has 1 N–H and O–H groups in total. The maximum absolute atomic E-state index is 10.7. The predicted molar refractivity (Wildman–Crippen MR) is 135 cm³/mol. The van der Waals surface area contributed by atoms with Crippen molar-refractivity contribution >= 4 is 13.1 Å². The quantitative estimate of drug-likeness (QED) is 0.177. The number of carboxylic acids is 1. The zero-order chi connectivity index (χ0) is 23.5. The molecule has 0 aromatic heterocycles. The van der Waals surface area contributed by atoms with Crippen LogP contribution < -0.4 is 0 Å². The normalized spacial score (nSPS) is 25.6. The number of fused-ring (bicyclic) bond motifs is 2. The van der Waals surface area contributed by atoms with Crippen LogP contribution in [0.15, 0.2) is 42.5 Å². The Balaban J connectivity index is 1.52. The van der Waals surface area contributed by atoms with Crippen molar-refractivity contribution in [3.63, 3.8) is 0 Å². The van der Waals surface area contributed by atoms with E-state index in [9.17, 15) is 4.79 Å². The highest BCUT2D eigenvalue weighted by atomic mass is 16.6. The zero-order valence-electron chi connectivity index (χ0n) is 20.7. The van der Waals surface area contributed by atoms with Crippen LogP contribution in [-0.4, -0.2) is 30.4 Å². The second kappa shape index (κ2) is 14.0. The predicted octanol–water partition coefficient (Wildman–Crippen LogP) is 6.95. The van der Waals surface area contributed by atoms with Crippen molar-refractivity contribution in [3.05, 3.63) is 48.0 Å². The minimum Gasteiger partial charge on any atom is -0.481 e. The second-order valence-electron chi connectivity index (χ2n) is 10.2. The van der Waals surface area contributed by atoms with Crippen molar-refractivity contribution in [3.8, 4) is 0 Å². The van der Waals surface area contributed by atoms with Gasteiger partial charge in [-0.1, -0.05) is 75.6 Å². The van der Waals surface area contributed by atoms with Gasteiger partial charge in [0.15, 0.2) is 0 Å². The van der Waals surface area contributed by atoms with Gasteiger partial charge in [0.25, 0.3) is 0 Å². The number of hydrogen-bond donors (Lipinski definition) is 1. The summed E-state index contributed by atoms with van der Waals surface area (Å²) in [5, 5.41) is 8.82. The lowest BCUT2D eigenvalue weighted by Crippen LogP contribution is -2.37. The topological polar surface area (TPSA) is 55.8 Å². The SMILES string of the molecule is CCCCB1O[C@H]2C[C@@H](O1)[C@H](CC[C@@H](C)CCc1ccccc1)[C@H]2C/C=C\CCCC(=O)O. The summed E-state index contributed by atoms with van der Waals surface area (Å²) in [4.78, 5) is 10.7. The molecular weight excluding hydrogens is 411 g/mol. The van der Waals surface area contributed by atoms with Crippen molar-refractivity contribution in [1.29, 1.82) is 0 Å². The van der Waals surface area contributed by atoms with E-state index in [-0.39, 0.29) is 13.5 Å². The Morgan fingerprint density at radius 1 is 1.12 bits per heavy atom. The highest BCUT2D eigenvalue weighted by Crippen LogP contribution is 2.45. The van der Waals surface area contributed by atoms with Gasteiger partial charge in [0.1, 0.15) is 0 Å². The molecule has 5 heteroatoms. The molecule has 1 aromatic rings. The molecule has 1 aliphatic heterocycles. The number of aliphatic carboxylic acids is 1. The van der Waals surface area contributed by atoms with Crippen LogP contribution in [0, 0.1) is 17.8 Å². The van der Waals surface area contributed by atoms with Gasteiger partial charge < -0.3 is 14.4 Å². The summed E-state index contributed by atoms with van der Waals surface area (Å²) >= 11 is 0. The summed E-state index contributed by atoms with van der Waals surface area (Å²) in [5.74, 6) is 1.07. The van der Waals surface area contributed by atoms with E-state index in [1.807, 2.05) is 0 Å². The molecule has 2 bridgehead atoms. The first-order valence-corrected chi connectivity index (χ1v) is 13.3. The van der Waals surface area contributed by atoms with E-state index >= 15 is 0 Å². The first kappa shape index (κ1) is 26.0. The molecule has 0 unspecified atom stereocenters. The van der Waals surface area contributed by atoms with E-state index in [0.29, 0.717) is 36.4 Å². The largest absolute Gasteiger partial charge is 0.481 e. The molecular formula is C28H43BO4. The highest BCUT2D eigenvalue weighted by Gasteiger charge is 2.49. The van der Waals surface area contributed by atoms with E-state index in [2.05, 4.69) is 56.3 Å². The third kappa shape index (κ3) is 8.61. The molecule has 1 aliphatic carbocycles. The standard InChI is InChI=1S/C28H43BO4/c1-3-4-20-29-32-26-21-27(33-29)25(24(26)14-10-5-6-11-15-28(30)31)19-17-22(2)16-18-23-12-8-7-9-13-23/h5,7-10,12-13,22,24-27H,3-4,6,11,14-21H2,1-2H3,(H,30,31)/b10-5-/t22-,24+,25+,26-,27+/m0/s1. The number of benzene rings is 1. The van der Waals surface area contributed by atoms with Crippen molar-refractivity contribution in [2.75, 3.05) is 0 Å². The van der Waals surface area contributed by atoms with Gasteiger partial charge in [-0.3, -0.25) is 4.79 Å². The minimum atomic E-state index is -0.710. The molecule has 0 amide bonds. The first-order valence-electron chi connectivity index (χ1n) is 13.3. The van der Waals surface area contributed by atoms with Gasteiger partial charge in [-0.25, -0.2) is 0 Å². The first-order chi connectivity index (χ1) is 16.1. The second-order valence-corrected chi connectivity index (χ2v) is 10.2. The molecule has 3 rings (SSSR count). The van der Waals surface area contributed by atoms with Gasteiger partial charge in [-0.2, -0.15) is 0 Å². The van der Waals surface area contributed by atoms with E-state index < -0.39 is 5.97 Å². The third-order valence-electron chi connectivity index (χ3n) is 7.51. The molecule has 0 spiro atoms. The van der Waals surface area contributed by atoms with Crippen LogP contribution in [0.2, 0.25) is 6.32 Å². The lowest BCUT2D eigenvalue weighted by Gasteiger charge is -2.28. The van der Waals surface area contributed by atoms with Crippen LogP contribution in [0.5, 0.6) is 0 Å². The van der Waals surface area contributed by atoms with Crippen LogP contribution in [0.25, 0.3) is 0 Å². The van der Waals surface area contributed by atoms with Crippen LogP contribution in [-0.2, 0) is 20.5 Å². The Labute approximate surface area is 201 Å². The lowest BCUT2D eigenvalue weighted by atomic mass is 9.80. The average Bonchev–Trinajstić information content (AvgIpc) is 3.06. The van der Waals surface area contributed by atoms with E-state index in [4.69, 9.17) is 14.4 Å². The van der Waals surface area contributed by atoms with Crippen LogP contribution >= 0.6 is 0 Å². The van der Waals surface area contributed by atoms with Gasteiger partial charge in [-0.15, -0.1) is 0 Å². The van der Waals surface area contributed by atoms with Crippen molar-refractivity contribution in [1.82, 2.24) is 0 Å². The Morgan fingerprint density at radius 3 is 2.61 bits per heavy atom. The number of hydrogen-bond acceptors (Lipinski definition) is 3. The van der Waals surface area contributed by atoms with Crippen molar-refractivity contribution < 1.29 is 19.2 Å².